The minimum atomic E-state index is -0.422. The van der Waals surface area contributed by atoms with E-state index in [4.69, 9.17) is 16.3 Å². The first kappa shape index (κ1) is 17.8. The van der Waals surface area contributed by atoms with Gasteiger partial charge in [-0.05, 0) is 48.9 Å². The lowest BCUT2D eigenvalue weighted by atomic mass is 10.1. The zero-order chi connectivity index (χ0) is 17.5. The predicted octanol–water partition coefficient (Wildman–Crippen LogP) is 3.38. The first-order valence-electron chi connectivity index (χ1n) is 7.35. The molecule has 1 N–H and O–H groups in total. The quantitative estimate of drug-likeness (QED) is 0.813. The average molecular weight is 348 g/mol. The number of carbonyl (C=O) groups excluding carboxylic acids is 2. The monoisotopic (exact) mass is 347 g/mol. The van der Waals surface area contributed by atoms with E-state index in [1.165, 1.54) is 7.11 Å². The van der Waals surface area contributed by atoms with Crippen LogP contribution < -0.4 is 10.1 Å². The van der Waals surface area contributed by atoms with E-state index in [0.717, 1.165) is 5.56 Å². The van der Waals surface area contributed by atoms with Crippen molar-refractivity contribution in [3.8, 4) is 5.75 Å². The molecule has 0 radical (unpaired) electrons. The number of hydrogen-bond donors (Lipinski definition) is 1. The molecule has 0 unspecified atom stereocenters. The molecule has 126 valence electrons. The number of esters is 1. The lowest BCUT2D eigenvalue weighted by Gasteiger charge is -2.15. The average Bonchev–Trinajstić information content (AvgIpc) is 2.59. The third-order valence-electron chi connectivity index (χ3n) is 3.37. The molecule has 0 spiro atoms. The number of rotatable bonds is 6. The Bertz CT molecular complexity index is 715. The third-order valence-corrected chi connectivity index (χ3v) is 3.61. The van der Waals surface area contributed by atoms with Crippen molar-refractivity contribution in [1.29, 1.82) is 0 Å². The maximum absolute atomic E-state index is 12.0. The van der Waals surface area contributed by atoms with Gasteiger partial charge < -0.3 is 14.8 Å². The first-order valence-corrected chi connectivity index (χ1v) is 7.73. The van der Waals surface area contributed by atoms with E-state index in [1.54, 1.807) is 36.4 Å². The summed E-state index contributed by atoms with van der Waals surface area (Å²) < 4.78 is 10.0. The fourth-order valence-electron chi connectivity index (χ4n) is 2.10. The second kappa shape index (κ2) is 8.36. The highest BCUT2D eigenvalue weighted by Crippen LogP contribution is 2.17. The molecule has 0 saturated heterocycles. The second-order valence-electron chi connectivity index (χ2n) is 5.15. The Morgan fingerprint density at radius 2 is 1.88 bits per heavy atom. The van der Waals surface area contributed by atoms with Crippen molar-refractivity contribution in [3.63, 3.8) is 0 Å². The molecule has 2 rings (SSSR count). The van der Waals surface area contributed by atoms with E-state index in [1.807, 2.05) is 19.1 Å². The number of carbonyl (C=O) groups is 2. The lowest BCUT2D eigenvalue weighted by molar-refractivity contribution is -0.123. The fraction of sp³-hybridized carbons (Fsp3) is 0.222. The van der Waals surface area contributed by atoms with Gasteiger partial charge in [-0.15, -0.1) is 0 Å². The molecule has 0 bridgehead atoms. The van der Waals surface area contributed by atoms with Gasteiger partial charge in [-0.2, -0.15) is 0 Å². The summed E-state index contributed by atoms with van der Waals surface area (Å²) in [6, 6.07) is 13.5. The van der Waals surface area contributed by atoms with Gasteiger partial charge in [0.1, 0.15) is 5.75 Å². The molecule has 1 amide bonds. The van der Waals surface area contributed by atoms with Crippen LogP contribution in [0.3, 0.4) is 0 Å². The molecule has 0 aliphatic carbocycles. The Morgan fingerprint density at radius 1 is 1.17 bits per heavy atom. The van der Waals surface area contributed by atoms with Crippen molar-refractivity contribution < 1.29 is 19.1 Å². The van der Waals surface area contributed by atoms with Crippen LogP contribution in [-0.2, 0) is 9.53 Å². The zero-order valence-electron chi connectivity index (χ0n) is 13.4. The topological polar surface area (TPSA) is 64.6 Å². The number of methoxy groups -OCH3 is 1. The van der Waals surface area contributed by atoms with Gasteiger partial charge in [0.15, 0.2) is 6.61 Å². The summed E-state index contributed by atoms with van der Waals surface area (Å²) in [7, 11) is 1.32. The van der Waals surface area contributed by atoms with Crippen molar-refractivity contribution >= 4 is 23.5 Å². The number of hydrogen-bond acceptors (Lipinski definition) is 4. The Balaban J connectivity index is 1.85. The molecule has 1 atom stereocenters. The van der Waals surface area contributed by atoms with Crippen LogP contribution in [0.25, 0.3) is 0 Å². The molecule has 0 aliphatic heterocycles. The van der Waals surface area contributed by atoms with Gasteiger partial charge in [-0.1, -0.05) is 23.7 Å². The van der Waals surface area contributed by atoms with Crippen LogP contribution in [0.2, 0.25) is 5.02 Å². The Kier molecular flexibility index (Phi) is 6.21. The minimum absolute atomic E-state index is 0.123. The van der Waals surface area contributed by atoms with E-state index in [0.29, 0.717) is 16.3 Å². The summed E-state index contributed by atoms with van der Waals surface area (Å²) in [5.41, 5.74) is 1.34. The molecular formula is C18H18ClNO4. The Morgan fingerprint density at radius 3 is 2.50 bits per heavy atom. The molecule has 6 heteroatoms. The molecule has 0 fully saturated rings. The Hall–Kier alpha value is -2.53. The molecule has 24 heavy (non-hydrogen) atoms. The van der Waals surface area contributed by atoms with Crippen LogP contribution in [0.1, 0.15) is 28.9 Å². The Labute approximate surface area is 145 Å². The molecule has 0 saturated carbocycles. The molecule has 2 aromatic rings. The summed E-state index contributed by atoms with van der Waals surface area (Å²) in [5.74, 6) is -0.178. The van der Waals surface area contributed by atoms with E-state index < -0.39 is 5.97 Å². The number of halogens is 1. The highest BCUT2D eigenvalue weighted by Gasteiger charge is 2.11. The van der Waals surface area contributed by atoms with Crippen LogP contribution in [-0.4, -0.2) is 25.6 Å². The number of nitrogens with one attached hydrogen (secondary N) is 1. The molecule has 0 aromatic heterocycles. The third kappa shape index (κ3) is 4.99. The first-order chi connectivity index (χ1) is 11.5. The lowest BCUT2D eigenvalue weighted by Crippen LogP contribution is -2.31. The summed E-state index contributed by atoms with van der Waals surface area (Å²) in [4.78, 5) is 23.3. The summed E-state index contributed by atoms with van der Waals surface area (Å²) in [5, 5.41) is 3.46. The predicted molar refractivity (Wildman–Crippen MR) is 91.3 cm³/mol. The fourth-order valence-corrected chi connectivity index (χ4v) is 2.30. The standard InChI is InChI=1S/C18H18ClNO4/c1-12(14-4-3-5-15(19)10-14)20-17(21)11-24-16-8-6-13(7-9-16)18(22)23-2/h3-10,12H,11H2,1-2H3,(H,20,21)/t12-/m0/s1. The van der Waals surface area contributed by atoms with Crippen LogP contribution in [0.4, 0.5) is 0 Å². The van der Waals surface area contributed by atoms with Crippen molar-refractivity contribution in [2.45, 2.75) is 13.0 Å². The summed E-state index contributed by atoms with van der Waals surface area (Å²) in [6.45, 7) is 1.75. The van der Waals surface area contributed by atoms with Crippen molar-refractivity contribution in [1.82, 2.24) is 5.32 Å². The maximum Gasteiger partial charge on any atom is 0.337 e. The van der Waals surface area contributed by atoms with Gasteiger partial charge in [0.2, 0.25) is 0 Å². The second-order valence-corrected chi connectivity index (χ2v) is 5.59. The highest BCUT2D eigenvalue weighted by atomic mass is 35.5. The zero-order valence-corrected chi connectivity index (χ0v) is 14.2. The van der Waals surface area contributed by atoms with Crippen LogP contribution in [0.15, 0.2) is 48.5 Å². The summed E-state index contributed by atoms with van der Waals surface area (Å²) >= 11 is 5.94. The van der Waals surface area contributed by atoms with Crippen LogP contribution >= 0.6 is 11.6 Å². The summed E-state index contributed by atoms with van der Waals surface area (Å²) in [6.07, 6.45) is 0. The van der Waals surface area contributed by atoms with Gasteiger partial charge in [-0.3, -0.25) is 4.79 Å². The van der Waals surface area contributed by atoms with E-state index in [-0.39, 0.29) is 18.6 Å². The van der Waals surface area contributed by atoms with Crippen molar-refractivity contribution in [2.75, 3.05) is 13.7 Å². The number of ether oxygens (including phenoxy) is 2. The minimum Gasteiger partial charge on any atom is -0.484 e. The molecule has 5 nitrogen and oxygen atoms in total. The van der Waals surface area contributed by atoms with Gasteiger partial charge in [0, 0.05) is 5.02 Å². The largest absolute Gasteiger partial charge is 0.484 e. The van der Waals surface area contributed by atoms with Crippen LogP contribution in [0.5, 0.6) is 5.75 Å². The molecule has 0 aliphatic rings. The smallest absolute Gasteiger partial charge is 0.337 e. The van der Waals surface area contributed by atoms with E-state index >= 15 is 0 Å². The van der Waals surface area contributed by atoms with Gasteiger partial charge in [0.25, 0.3) is 5.91 Å². The molecular weight excluding hydrogens is 330 g/mol. The highest BCUT2D eigenvalue weighted by molar-refractivity contribution is 6.30. The maximum atomic E-state index is 12.0. The normalized spacial score (nSPS) is 11.5. The SMILES string of the molecule is COC(=O)c1ccc(OCC(=O)N[C@@H](C)c2cccc(Cl)c2)cc1. The molecule has 2 aromatic carbocycles. The van der Waals surface area contributed by atoms with Crippen molar-refractivity contribution in [3.05, 3.63) is 64.7 Å². The number of benzene rings is 2. The van der Waals surface area contributed by atoms with Gasteiger partial charge >= 0.3 is 5.97 Å². The van der Waals surface area contributed by atoms with Gasteiger partial charge in [-0.25, -0.2) is 4.79 Å². The van der Waals surface area contributed by atoms with Gasteiger partial charge in [0.05, 0.1) is 18.7 Å². The molecule has 0 heterocycles. The van der Waals surface area contributed by atoms with Crippen LogP contribution in [0, 0.1) is 0 Å². The number of amides is 1. The van der Waals surface area contributed by atoms with Crippen molar-refractivity contribution in [2.24, 2.45) is 0 Å². The van der Waals surface area contributed by atoms with E-state index in [9.17, 15) is 9.59 Å². The van der Waals surface area contributed by atoms with E-state index in [2.05, 4.69) is 10.1 Å².